The number of hydrogen-bond donors (Lipinski definition) is 1. The van der Waals surface area contributed by atoms with Crippen LogP contribution in [0.5, 0.6) is 5.75 Å². The molecular formula is C23H24N3O2P. The molecule has 1 aliphatic rings. The quantitative estimate of drug-likeness (QED) is 0.579. The molecule has 3 aromatic carbocycles. The Kier molecular flexibility index (Phi) is 6.28. The Morgan fingerprint density at radius 2 is 1.28 bits per heavy atom. The van der Waals surface area contributed by atoms with Gasteiger partial charge in [0, 0.05) is 37.2 Å². The van der Waals surface area contributed by atoms with Crippen molar-refractivity contribution in [3.8, 4) is 5.75 Å². The number of anilines is 2. The van der Waals surface area contributed by atoms with Crippen molar-refractivity contribution in [3.63, 3.8) is 0 Å². The molecule has 29 heavy (non-hydrogen) atoms. The molecule has 0 radical (unpaired) electrons. The van der Waals surface area contributed by atoms with E-state index in [9.17, 15) is 4.79 Å². The Morgan fingerprint density at radius 3 is 1.79 bits per heavy atom. The van der Waals surface area contributed by atoms with Crippen molar-refractivity contribution >= 4 is 25.7 Å². The molecule has 0 saturated carbocycles. The maximum Gasteiger partial charge on any atom is 0.412 e. The zero-order valence-electron chi connectivity index (χ0n) is 16.1. The van der Waals surface area contributed by atoms with E-state index in [1.54, 1.807) is 12.1 Å². The summed E-state index contributed by atoms with van der Waals surface area (Å²) in [6, 6.07) is 30.1. The monoisotopic (exact) mass is 405 g/mol. The van der Waals surface area contributed by atoms with Crippen molar-refractivity contribution in [1.29, 1.82) is 0 Å². The van der Waals surface area contributed by atoms with Gasteiger partial charge in [0.2, 0.25) is 0 Å². The van der Waals surface area contributed by atoms with Gasteiger partial charge in [-0.3, -0.25) is 0 Å². The number of ether oxygens (including phenoxy) is 1. The smallest absolute Gasteiger partial charge is 0.410 e. The van der Waals surface area contributed by atoms with Crippen LogP contribution in [0.1, 0.15) is 0 Å². The van der Waals surface area contributed by atoms with E-state index < -0.39 is 14.3 Å². The minimum Gasteiger partial charge on any atom is -0.410 e. The lowest BCUT2D eigenvalue weighted by molar-refractivity contribution is 0.201. The highest BCUT2D eigenvalue weighted by molar-refractivity contribution is 7.61. The zero-order chi connectivity index (χ0) is 19.9. The first kappa shape index (κ1) is 19.3. The number of benzene rings is 3. The average Bonchev–Trinajstić information content (AvgIpc) is 3.19. The fraction of sp³-hybridized carbons (Fsp3) is 0.174. The number of nitrogens with one attached hydrogen (secondary N) is 1. The van der Waals surface area contributed by atoms with Crippen LogP contribution in [0.25, 0.3) is 0 Å². The lowest BCUT2D eigenvalue weighted by Gasteiger charge is -2.32. The first-order valence-electron chi connectivity index (χ1n) is 9.74. The lowest BCUT2D eigenvalue weighted by atomic mass is 10.3. The molecule has 0 unspecified atom stereocenters. The fourth-order valence-electron chi connectivity index (χ4n) is 3.41. The highest BCUT2D eigenvalue weighted by Gasteiger charge is 2.32. The van der Waals surface area contributed by atoms with Gasteiger partial charge in [-0.05, 0) is 36.4 Å². The number of carbonyl (C=O) groups is 1. The van der Waals surface area contributed by atoms with Gasteiger partial charge in [-0.1, -0.05) is 54.6 Å². The van der Waals surface area contributed by atoms with Crippen LogP contribution in [0.3, 0.4) is 0 Å². The largest absolute Gasteiger partial charge is 0.412 e. The zero-order valence-corrected chi connectivity index (χ0v) is 17.0. The van der Waals surface area contributed by atoms with Crippen molar-refractivity contribution in [2.24, 2.45) is 0 Å². The second-order valence-electron chi connectivity index (χ2n) is 6.64. The molecule has 0 spiro atoms. The number of nitrogens with zero attached hydrogens (tertiary/aromatic N) is 2. The van der Waals surface area contributed by atoms with Gasteiger partial charge in [-0.25, -0.2) is 4.79 Å². The third kappa shape index (κ3) is 4.87. The maximum absolute atomic E-state index is 12.1. The van der Waals surface area contributed by atoms with Crippen molar-refractivity contribution in [2.45, 2.75) is 0 Å². The second-order valence-corrected chi connectivity index (χ2v) is 8.80. The summed E-state index contributed by atoms with van der Waals surface area (Å²) in [5, 5.41) is 2.90. The van der Waals surface area contributed by atoms with Gasteiger partial charge in [-0.2, -0.15) is 0 Å². The van der Waals surface area contributed by atoms with Crippen LogP contribution in [0.4, 0.5) is 16.2 Å². The predicted octanol–water partition coefficient (Wildman–Crippen LogP) is 5.11. The Morgan fingerprint density at radius 1 is 0.793 bits per heavy atom. The van der Waals surface area contributed by atoms with E-state index in [1.807, 2.05) is 30.3 Å². The number of rotatable bonds is 6. The first-order valence-corrected chi connectivity index (χ1v) is 11.2. The minimum atomic E-state index is -0.618. The number of para-hydroxylation sites is 3. The number of amides is 1. The average molecular weight is 405 g/mol. The summed E-state index contributed by atoms with van der Waals surface area (Å²) in [5.74, 6) is 0.549. The summed E-state index contributed by atoms with van der Waals surface area (Å²) in [5.41, 5.74) is 2.45. The molecule has 1 amide bonds. The van der Waals surface area contributed by atoms with E-state index in [1.165, 1.54) is 11.4 Å². The maximum atomic E-state index is 12.1. The molecule has 1 fully saturated rings. The van der Waals surface area contributed by atoms with Crippen molar-refractivity contribution < 1.29 is 9.53 Å². The molecule has 0 atom stereocenters. The van der Waals surface area contributed by atoms with E-state index in [0.29, 0.717) is 12.3 Å². The molecule has 0 bridgehead atoms. The summed E-state index contributed by atoms with van der Waals surface area (Å²) in [6.07, 6.45) is 0.436. The molecule has 3 aromatic rings. The van der Waals surface area contributed by atoms with E-state index in [2.05, 4.69) is 63.2 Å². The Labute approximate surface area is 172 Å². The highest BCUT2D eigenvalue weighted by atomic mass is 31.1. The topological polar surface area (TPSA) is 44.8 Å². The number of hydrogen-bond acceptors (Lipinski definition) is 4. The molecule has 0 aliphatic carbocycles. The molecule has 0 aromatic heterocycles. The third-order valence-corrected chi connectivity index (χ3v) is 7.32. The second kappa shape index (κ2) is 9.44. The summed E-state index contributed by atoms with van der Waals surface area (Å²) < 4.78 is 10.3. The van der Waals surface area contributed by atoms with E-state index in [0.717, 1.165) is 19.3 Å². The molecule has 1 aliphatic heterocycles. The normalized spacial score (nSPS) is 14.1. The van der Waals surface area contributed by atoms with Gasteiger partial charge in [0.1, 0.15) is 5.75 Å². The molecular weight excluding hydrogens is 381 g/mol. The molecule has 1 saturated heterocycles. The predicted molar refractivity (Wildman–Crippen MR) is 120 cm³/mol. The van der Waals surface area contributed by atoms with Gasteiger partial charge >= 0.3 is 6.09 Å². The van der Waals surface area contributed by atoms with Crippen LogP contribution >= 0.6 is 8.22 Å². The highest BCUT2D eigenvalue weighted by Crippen LogP contribution is 2.52. The van der Waals surface area contributed by atoms with Gasteiger partial charge in [-0.15, -0.1) is 0 Å². The van der Waals surface area contributed by atoms with E-state index >= 15 is 0 Å². The fourth-order valence-corrected chi connectivity index (χ4v) is 5.90. The lowest BCUT2D eigenvalue weighted by Crippen LogP contribution is -2.31. The first-order chi connectivity index (χ1) is 14.3. The summed E-state index contributed by atoms with van der Waals surface area (Å²) in [4.78, 5) is 12.1. The van der Waals surface area contributed by atoms with Gasteiger partial charge < -0.3 is 19.4 Å². The standard InChI is InChI=1S/C23H24N3O2P/c27-23(28-22-14-8-3-9-15-22)24-16-19-29-25(20-10-4-1-5-11-20)17-18-26(29)21-12-6-2-7-13-21/h1-15H,16-19H2,(H,24,27). The van der Waals surface area contributed by atoms with Crippen molar-refractivity contribution in [3.05, 3.63) is 91.0 Å². The van der Waals surface area contributed by atoms with Gasteiger partial charge in [0.05, 0.1) is 8.22 Å². The van der Waals surface area contributed by atoms with Crippen LogP contribution in [0.2, 0.25) is 0 Å². The van der Waals surface area contributed by atoms with Gasteiger partial charge in [0.25, 0.3) is 0 Å². The molecule has 148 valence electrons. The third-order valence-electron chi connectivity index (χ3n) is 4.72. The van der Waals surface area contributed by atoms with Crippen LogP contribution < -0.4 is 19.4 Å². The van der Waals surface area contributed by atoms with Gasteiger partial charge in [0.15, 0.2) is 0 Å². The van der Waals surface area contributed by atoms with Crippen LogP contribution in [0.15, 0.2) is 91.0 Å². The molecule has 1 heterocycles. The Bertz CT molecular complexity index is 862. The van der Waals surface area contributed by atoms with E-state index in [-0.39, 0.29) is 0 Å². The SMILES string of the molecule is O=C(NCCP1N(c2ccccc2)CCN1c1ccccc1)Oc1ccccc1. The van der Waals surface area contributed by atoms with E-state index in [4.69, 9.17) is 4.74 Å². The van der Waals surface area contributed by atoms with Crippen molar-refractivity contribution in [2.75, 3.05) is 35.1 Å². The minimum absolute atomic E-state index is 0.414. The summed E-state index contributed by atoms with van der Waals surface area (Å²) >= 11 is 0. The summed E-state index contributed by atoms with van der Waals surface area (Å²) in [6.45, 7) is 2.50. The van der Waals surface area contributed by atoms with Crippen LogP contribution in [-0.4, -0.2) is 31.9 Å². The van der Waals surface area contributed by atoms with Crippen molar-refractivity contribution in [1.82, 2.24) is 5.32 Å². The van der Waals surface area contributed by atoms with Crippen LogP contribution in [0, 0.1) is 0 Å². The molecule has 5 nitrogen and oxygen atoms in total. The molecule has 1 N–H and O–H groups in total. The Balaban J connectivity index is 1.42. The molecule has 4 rings (SSSR count). The van der Waals surface area contributed by atoms with Crippen LogP contribution in [-0.2, 0) is 0 Å². The molecule has 6 heteroatoms. The Hall–Kier alpha value is -3.04. The number of carbonyl (C=O) groups excluding carboxylic acids is 1. The summed E-state index contributed by atoms with van der Waals surface area (Å²) in [7, 11) is -0.618.